The molecule has 1 aromatic rings. The molecule has 1 atom stereocenters. The first-order valence-corrected chi connectivity index (χ1v) is 9.71. The topological polar surface area (TPSA) is 40.6 Å². The molecule has 24 heavy (non-hydrogen) atoms. The van der Waals surface area contributed by atoms with Gasteiger partial charge >= 0.3 is 0 Å². The molecule has 2 heterocycles. The van der Waals surface area contributed by atoms with Crippen LogP contribution in [0, 0.1) is 5.92 Å². The molecule has 2 fully saturated rings. The van der Waals surface area contributed by atoms with E-state index in [0.717, 1.165) is 36.7 Å². The molecule has 2 amide bonds. The number of piperidine rings is 2. The maximum atomic E-state index is 12.8. The van der Waals surface area contributed by atoms with Crippen LogP contribution in [-0.4, -0.2) is 47.3 Å². The summed E-state index contributed by atoms with van der Waals surface area (Å²) in [5, 5.41) is 0. The van der Waals surface area contributed by atoms with Gasteiger partial charge in [0.25, 0.3) is 5.91 Å². The van der Waals surface area contributed by atoms with Gasteiger partial charge in [-0.05, 0) is 63.3 Å². The highest BCUT2D eigenvalue weighted by molar-refractivity contribution is 9.10. The Morgan fingerprint density at radius 2 is 1.67 bits per heavy atom. The SMILES string of the molecule is C[C@H]1CCCCN1C(=O)C1CCN(C(=O)c2ccc(Br)cc2)CC1. The molecule has 0 aromatic heterocycles. The van der Waals surface area contributed by atoms with E-state index in [0.29, 0.717) is 30.6 Å². The van der Waals surface area contributed by atoms with Crippen LogP contribution in [0.1, 0.15) is 49.4 Å². The summed E-state index contributed by atoms with van der Waals surface area (Å²) in [5.74, 6) is 0.456. The average Bonchev–Trinajstić information content (AvgIpc) is 2.62. The summed E-state index contributed by atoms with van der Waals surface area (Å²) >= 11 is 3.39. The van der Waals surface area contributed by atoms with Gasteiger partial charge in [-0.2, -0.15) is 0 Å². The second-order valence-electron chi connectivity index (χ2n) is 6.95. The Bertz CT molecular complexity index is 594. The van der Waals surface area contributed by atoms with Crippen molar-refractivity contribution < 1.29 is 9.59 Å². The minimum Gasteiger partial charge on any atom is -0.340 e. The Morgan fingerprint density at radius 3 is 2.29 bits per heavy atom. The number of rotatable bonds is 2. The third-order valence-corrected chi connectivity index (χ3v) is 5.84. The van der Waals surface area contributed by atoms with E-state index in [-0.39, 0.29) is 11.8 Å². The lowest BCUT2D eigenvalue weighted by molar-refractivity contribution is -0.140. The van der Waals surface area contributed by atoms with E-state index in [1.54, 1.807) is 0 Å². The van der Waals surface area contributed by atoms with Crippen molar-refractivity contribution in [3.05, 3.63) is 34.3 Å². The largest absolute Gasteiger partial charge is 0.340 e. The minimum absolute atomic E-state index is 0.0692. The smallest absolute Gasteiger partial charge is 0.253 e. The van der Waals surface area contributed by atoms with Crippen LogP contribution < -0.4 is 0 Å². The van der Waals surface area contributed by atoms with Crippen molar-refractivity contribution in [3.63, 3.8) is 0 Å². The summed E-state index contributed by atoms with van der Waals surface area (Å²) in [5.41, 5.74) is 0.715. The molecule has 0 spiro atoms. The number of benzene rings is 1. The number of carbonyl (C=O) groups is 2. The first-order chi connectivity index (χ1) is 11.6. The molecular formula is C19H25BrN2O2. The van der Waals surface area contributed by atoms with Crippen LogP contribution in [0.3, 0.4) is 0 Å². The number of carbonyl (C=O) groups excluding carboxylic acids is 2. The van der Waals surface area contributed by atoms with E-state index in [1.807, 2.05) is 29.2 Å². The zero-order valence-electron chi connectivity index (χ0n) is 14.2. The molecule has 0 N–H and O–H groups in total. The summed E-state index contributed by atoms with van der Waals surface area (Å²) in [6.45, 7) is 4.41. The lowest BCUT2D eigenvalue weighted by Gasteiger charge is -2.38. The van der Waals surface area contributed by atoms with Gasteiger partial charge in [-0.25, -0.2) is 0 Å². The summed E-state index contributed by atoms with van der Waals surface area (Å²) in [6.07, 6.45) is 5.03. The molecule has 5 heteroatoms. The van der Waals surface area contributed by atoms with E-state index in [9.17, 15) is 9.59 Å². The molecule has 130 valence electrons. The van der Waals surface area contributed by atoms with Gasteiger partial charge in [0.15, 0.2) is 0 Å². The van der Waals surface area contributed by atoms with E-state index < -0.39 is 0 Å². The normalized spacial score (nSPS) is 22.5. The molecule has 2 saturated heterocycles. The Kier molecular flexibility index (Phi) is 5.59. The summed E-state index contributed by atoms with van der Waals surface area (Å²) in [4.78, 5) is 29.3. The second-order valence-corrected chi connectivity index (χ2v) is 7.87. The predicted molar refractivity (Wildman–Crippen MR) is 97.8 cm³/mol. The second kappa shape index (κ2) is 7.68. The molecule has 2 aliphatic rings. The Balaban J connectivity index is 1.56. The van der Waals surface area contributed by atoms with Gasteiger partial charge < -0.3 is 9.80 Å². The molecule has 0 unspecified atom stereocenters. The number of halogens is 1. The fourth-order valence-electron chi connectivity index (χ4n) is 3.76. The van der Waals surface area contributed by atoms with Gasteiger partial charge in [-0.3, -0.25) is 9.59 Å². The van der Waals surface area contributed by atoms with Gasteiger partial charge in [0.05, 0.1) is 0 Å². The fourth-order valence-corrected chi connectivity index (χ4v) is 4.03. The van der Waals surface area contributed by atoms with Crippen molar-refractivity contribution in [1.82, 2.24) is 9.80 Å². The zero-order valence-corrected chi connectivity index (χ0v) is 15.8. The van der Waals surface area contributed by atoms with E-state index >= 15 is 0 Å². The first kappa shape index (κ1) is 17.5. The molecule has 0 aliphatic carbocycles. The Morgan fingerprint density at radius 1 is 1.00 bits per heavy atom. The van der Waals surface area contributed by atoms with Crippen molar-refractivity contribution in [3.8, 4) is 0 Å². The third kappa shape index (κ3) is 3.82. The van der Waals surface area contributed by atoms with Crippen molar-refractivity contribution in [1.29, 1.82) is 0 Å². The van der Waals surface area contributed by atoms with Crippen LogP contribution in [0.4, 0.5) is 0 Å². The van der Waals surface area contributed by atoms with Crippen LogP contribution in [0.2, 0.25) is 0 Å². The van der Waals surface area contributed by atoms with Crippen molar-refractivity contribution in [2.75, 3.05) is 19.6 Å². The van der Waals surface area contributed by atoms with Gasteiger partial charge in [-0.15, -0.1) is 0 Å². The quantitative estimate of drug-likeness (QED) is 0.769. The minimum atomic E-state index is 0.0692. The van der Waals surface area contributed by atoms with Crippen LogP contribution in [0.15, 0.2) is 28.7 Å². The molecule has 0 saturated carbocycles. The molecular weight excluding hydrogens is 368 g/mol. The van der Waals surface area contributed by atoms with E-state index in [4.69, 9.17) is 0 Å². The molecule has 0 bridgehead atoms. The van der Waals surface area contributed by atoms with Gasteiger partial charge in [0.1, 0.15) is 0 Å². The number of amides is 2. The molecule has 3 rings (SSSR count). The number of nitrogens with zero attached hydrogens (tertiary/aromatic N) is 2. The molecule has 0 radical (unpaired) electrons. The highest BCUT2D eigenvalue weighted by Gasteiger charge is 2.33. The van der Waals surface area contributed by atoms with E-state index in [1.165, 1.54) is 6.42 Å². The molecule has 1 aromatic carbocycles. The highest BCUT2D eigenvalue weighted by Crippen LogP contribution is 2.25. The molecule has 4 nitrogen and oxygen atoms in total. The summed E-state index contributed by atoms with van der Waals surface area (Å²) in [6, 6.07) is 7.84. The number of hydrogen-bond acceptors (Lipinski definition) is 2. The lowest BCUT2D eigenvalue weighted by Crippen LogP contribution is -2.48. The third-order valence-electron chi connectivity index (χ3n) is 5.31. The van der Waals surface area contributed by atoms with Crippen LogP contribution in [0.5, 0.6) is 0 Å². The maximum absolute atomic E-state index is 12.8. The van der Waals surface area contributed by atoms with Crippen LogP contribution >= 0.6 is 15.9 Å². The van der Waals surface area contributed by atoms with Gasteiger partial charge in [0, 0.05) is 41.6 Å². The first-order valence-electron chi connectivity index (χ1n) is 8.91. The maximum Gasteiger partial charge on any atom is 0.253 e. The zero-order chi connectivity index (χ0) is 17.1. The van der Waals surface area contributed by atoms with Crippen molar-refractivity contribution in [2.45, 2.75) is 45.1 Å². The lowest BCUT2D eigenvalue weighted by atomic mass is 9.92. The summed E-state index contributed by atoms with van der Waals surface area (Å²) in [7, 11) is 0. The Labute approximate surface area is 152 Å². The van der Waals surface area contributed by atoms with Crippen LogP contribution in [-0.2, 0) is 4.79 Å². The summed E-state index contributed by atoms with van der Waals surface area (Å²) < 4.78 is 0.971. The van der Waals surface area contributed by atoms with Crippen LogP contribution in [0.25, 0.3) is 0 Å². The number of hydrogen-bond donors (Lipinski definition) is 0. The standard InChI is InChI=1S/C19H25BrN2O2/c1-14-4-2-3-11-22(14)19(24)16-9-12-21(13-10-16)18(23)15-5-7-17(20)8-6-15/h5-8,14,16H,2-4,9-13H2,1H3/t14-/m0/s1. The van der Waals surface area contributed by atoms with Gasteiger partial charge in [-0.1, -0.05) is 15.9 Å². The average molecular weight is 393 g/mol. The highest BCUT2D eigenvalue weighted by atomic mass is 79.9. The molecule has 2 aliphatic heterocycles. The van der Waals surface area contributed by atoms with Crippen molar-refractivity contribution in [2.24, 2.45) is 5.92 Å². The van der Waals surface area contributed by atoms with E-state index in [2.05, 4.69) is 27.8 Å². The monoisotopic (exact) mass is 392 g/mol. The van der Waals surface area contributed by atoms with Crippen molar-refractivity contribution >= 4 is 27.7 Å². The van der Waals surface area contributed by atoms with Gasteiger partial charge in [0.2, 0.25) is 5.91 Å². The fraction of sp³-hybridized carbons (Fsp3) is 0.579. The number of likely N-dealkylation sites (tertiary alicyclic amines) is 2. The Hall–Kier alpha value is -1.36. The predicted octanol–water partition coefficient (Wildman–Crippen LogP) is 3.70.